The van der Waals surface area contributed by atoms with Crippen molar-refractivity contribution in [2.45, 2.75) is 26.8 Å². The maximum atomic E-state index is 11.1. The summed E-state index contributed by atoms with van der Waals surface area (Å²) in [5.74, 6) is 0.708. The zero-order valence-corrected chi connectivity index (χ0v) is 14.5. The molecule has 1 aliphatic heterocycles. The molecule has 1 aromatic heterocycles. The summed E-state index contributed by atoms with van der Waals surface area (Å²) < 4.78 is 11.2. The van der Waals surface area contributed by atoms with E-state index < -0.39 is 11.4 Å². The van der Waals surface area contributed by atoms with E-state index in [1.807, 2.05) is 18.2 Å². The molecule has 0 amide bonds. The molecule has 2 aromatic rings. The fourth-order valence-electron chi connectivity index (χ4n) is 2.62. The minimum absolute atomic E-state index is 0.549. The number of fused-ring (bicyclic) bond motifs is 1. The zero-order chi connectivity index (χ0) is 17.9. The summed E-state index contributed by atoms with van der Waals surface area (Å²) in [6, 6.07) is 5.81. The fourth-order valence-corrected chi connectivity index (χ4v) is 2.62. The van der Waals surface area contributed by atoms with E-state index in [1.165, 1.54) is 0 Å². The Morgan fingerprint density at radius 3 is 2.84 bits per heavy atom. The van der Waals surface area contributed by atoms with Crippen LogP contribution in [0.15, 0.2) is 24.4 Å². The molecule has 134 valence electrons. The van der Waals surface area contributed by atoms with Gasteiger partial charge in [-0.2, -0.15) is 5.10 Å². The van der Waals surface area contributed by atoms with Gasteiger partial charge in [0.25, 0.3) is 0 Å². The highest BCUT2D eigenvalue weighted by molar-refractivity contribution is 5.73. The topological polar surface area (TPSA) is 96.5 Å². The third kappa shape index (κ3) is 3.93. The van der Waals surface area contributed by atoms with Crippen molar-refractivity contribution in [2.24, 2.45) is 5.41 Å². The van der Waals surface area contributed by atoms with Crippen molar-refractivity contribution >= 4 is 5.97 Å². The molecule has 0 saturated carbocycles. The van der Waals surface area contributed by atoms with Gasteiger partial charge in [-0.3, -0.25) is 9.89 Å². The van der Waals surface area contributed by atoms with Crippen LogP contribution in [0, 0.1) is 5.41 Å². The molecular formula is C18H23N3O4. The number of hydrogen-bond donors (Lipinski definition) is 3. The monoisotopic (exact) mass is 345 g/mol. The maximum absolute atomic E-state index is 11.1. The molecule has 0 spiro atoms. The van der Waals surface area contributed by atoms with Gasteiger partial charge in [0.05, 0.1) is 17.3 Å². The van der Waals surface area contributed by atoms with Crippen LogP contribution in [0.1, 0.15) is 25.8 Å². The van der Waals surface area contributed by atoms with Gasteiger partial charge in [-0.15, -0.1) is 0 Å². The quantitative estimate of drug-likeness (QED) is 0.667. The molecule has 25 heavy (non-hydrogen) atoms. The van der Waals surface area contributed by atoms with E-state index in [9.17, 15) is 4.79 Å². The number of rotatable bonds is 7. The Hall–Kier alpha value is -2.54. The van der Waals surface area contributed by atoms with Crippen molar-refractivity contribution in [3.05, 3.63) is 30.0 Å². The third-order valence-corrected chi connectivity index (χ3v) is 4.37. The number of hydrogen-bond acceptors (Lipinski definition) is 5. The fraction of sp³-hybridized carbons (Fsp3) is 0.444. The van der Waals surface area contributed by atoms with Crippen LogP contribution >= 0.6 is 0 Å². The smallest absolute Gasteiger partial charge is 0.309 e. The van der Waals surface area contributed by atoms with Gasteiger partial charge in [-0.1, -0.05) is 0 Å². The molecule has 3 N–H and O–H groups in total. The SMILES string of the molecule is CC(C)(CCNCc1cn[nH]c1-c1ccc2c(c1)OCCO2)C(=O)O. The lowest BCUT2D eigenvalue weighted by atomic mass is 9.90. The Morgan fingerprint density at radius 2 is 2.08 bits per heavy atom. The van der Waals surface area contributed by atoms with Gasteiger partial charge >= 0.3 is 5.97 Å². The van der Waals surface area contributed by atoms with Gasteiger partial charge in [0.2, 0.25) is 0 Å². The van der Waals surface area contributed by atoms with Crippen LogP contribution in [0.25, 0.3) is 11.3 Å². The first-order valence-electron chi connectivity index (χ1n) is 8.34. The number of carboxylic acid groups (broad SMARTS) is 1. The van der Waals surface area contributed by atoms with Crippen LogP contribution in [-0.4, -0.2) is 41.0 Å². The summed E-state index contributed by atoms with van der Waals surface area (Å²) in [4.78, 5) is 11.1. The highest BCUT2D eigenvalue weighted by Crippen LogP contribution is 2.34. The van der Waals surface area contributed by atoms with E-state index in [2.05, 4.69) is 15.5 Å². The van der Waals surface area contributed by atoms with Gasteiger partial charge in [0.1, 0.15) is 13.2 Å². The van der Waals surface area contributed by atoms with Crippen LogP contribution in [0.2, 0.25) is 0 Å². The van der Waals surface area contributed by atoms with E-state index in [1.54, 1.807) is 20.0 Å². The average Bonchev–Trinajstić information content (AvgIpc) is 3.06. The Balaban J connectivity index is 1.64. The second-order valence-corrected chi connectivity index (χ2v) is 6.74. The molecule has 0 aliphatic carbocycles. The number of aromatic nitrogens is 2. The van der Waals surface area contributed by atoms with Gasteiger partial charge in [0, 0.05) is 17.7 Å². The summed E-state index contributed by atoms with van der Waals surface area (Å²) >= 11 is 0. The molecule has 0 bridgehead atoms. The first-order chi connectivity index (χ1) is 12.0. The number of carboxylic acids is 1. The van der Waals surface area contributed by atoms with Crippen LogP contribution in [0.5, 0.6) is 11.5 Å². The van der Waals surface area contributed by atoms with E-state index in [0.29, 0.717) is 32.7 Å². The summed E-state index contributed by atoms with van der Waals surface area (Å²) in [6.45, 7) is 5.80. The highest BCUT2D eigenvalue weighted by atomic mass is 16.6. The van der Waals surface area contributed by atoms with E-state index in [-0.39, 0.29) is 0 Å². The molecule has 7 nitrogen and oxygen atoms in total. The first kappa shape index (κ1) is 17.3. The summed E-state index contributed by atoms with van der Waals surface area (Å²) in [6.07, 6.45) is 2.33. The number of H-pyrrole nitrogens is 1. The number of ether oxygens (including phenoxy) is 2. The lowest BCUT2D eigenvalue weighted by molar-refractivity contribution is -0.147. The average molecular weight is 345 g/mol. The minimum atomic E-state index is -0.783. The van der Waals surface area contributed by atoms with Crippen molar-refractivity contribution in [1.29, 1.82) is 0 Å². The Labute approximate surface area is 146 Å². The zero-order valence-electron chi connectivity index (χ0n) is 14.5. The minimum Gasteiger partial charge on any atom is -0.486 e. The molecule has 1 aromatic carbocycles. The van der Waals surface area contributed by atoms with Crippen LogP contribution in [0.3, 0.4) is 0 Å². The number of benzene rings is 1. The van der Waals surface area contributed by atoms with Crippen molar-refractivity contribution in [1.82, 2.24) is 15.5 Å². The maximum Gasteiger partial charge on any atom is 0.309 e. The largest absolute Gasteiger partial charge is 0.486 e. The summed E-state index contributed by atoms with van der Waals surface area (Å²) in [7, 11) is 0. The van der Waals surface area contributed by atoms with E-state index in [0.717, 1.165) is 28.3 Å². The Kier molecular flexibility index (Phi) is 4.94. The van der Waals surface area contributed by atoms with Crippen LogP contribution in [0.4, 0.5) is 0 Å². The number of aliphatic carboxylic acids is 1. The molecule has 1 aliphatic rings. The lowest BCUT2D eigenvalue weighted by Gasteiger charge is -2.19. The first-order valence-corrected chi connectivity index (χ1v) is 8.34. The lowest BCUT2D eigenvalue weighted by Crippen LogP contribution is -2.28. The molecule has 2 heterocycles. The molecule has 0 fully saturated rings. The van der Waals surface area contributed by atoms with Gasteiger partial charge in [-0.05, 0) is 45.0 Å². The van der Waals surface area contributed by atoms with Crippen molar-refractivity contribution < 1.29 is 19.4 Å². The van der Waals surface area contributed by atoms with Crippen molar-refractivity contribution in [3.63, 3.8) is 0 Å². The predicted molar refractivity (Wildman–Crippen MR) is 92.8 cm³/mol. The predicted octanol–water partition coefficient (Wildman–Crippen LogP) is 2.44. The normalized spacial score (nSPS) is 13.7. The molecule has 7 heteroatoms. The van der Waals surface area contributed by atoms with Crippen molar-refractivity contribution in [3.8, 4) is 22.8 Å². The Bertz CT molecular complexity index is 755. The highest BCUT2D eigenvalue weighted by Gasteiger charge is 2.26. The third-order valence-electron chi connectivity index (χ3n) is 4.37. The molecule has 3 rings (SSSR count). The van der Waals surface area contributed by atoms with Crippen LogP contribution < -0.4 is 14.8 Å². The Morgan fingerprint density at radius 1 is 1.32 bits per heavy atom. The van der Waals surface area contributed by atoms with Gasteiger partial charge < -0.3 is 19.9 Å². The van der Waals surface area contributed by atoms with Crippen LogP contribution in [-0.2, 0) is 11.3 Å². The van der Waals surface area contributed by atoms with Crippen molar-refractivity contribution in [2.75, 3.05) is 19.8 Å². The number of nitrogens with one attached hydrogen (secondary N) is 2. The standard InChI is InChI=1S/C18H23N3O4/c1-18(2,17(22)23)5-6-19-10-13-11-20-21-16(13)12-3-4-14-15(9-12)25-8-7-24-14/h3-4,9,11,19H,5-8,10H2,1-2H3,(H,20,21)(H,22,23). The molecule has 0 atom stereocenters. The van der Waals surface area contributed by atoms with E-state index in [4.69, 9.17) is 14.6 Å². The van der Waals surface area contributed by atoms with Gasteiger partial charge in [-0.25, -0.2) is 0 Å². The summed E-state index contributed by atoms with van der Waals surface area (Å²) in [5.41, 5.74) is 2.18. The van der Waals surface area contributed by atoms with Gasteiger partial charge in [0.15, 0.2) is 11.5 Å². The molecule has 0 radical (unpaired) electrons. The summed E-state index contributed by atoms with van der Waals surface area (Å²) in [5, 5.41) is 19.6. The number of nitrogens with zero attached hydrogens (tertiary/aromatic N) is 1. The number of carbonyl (C=O) groups is 1. The molecule has 0 unspecified atom stereocenters. The van der Waals surface area contributed by atoms with E-state index >= 15 is 0 Å². The molecule has 0 saturated heterocycles. The molecular weight excluding hydrogens is 322 g/mol. The number of aromatic amines is 1. The second-order valence-electron chi connectivity index (χ2n) is 6.74. The second kappa shape index (κ2) is 7.14.